The standard InChI is InChI=1S/C30H22ClN3O4/c1-19-7-5-6-10-25(19)33-28(35)20-11-13-21(14-12-20)32-27-26(31)29(36)34(30(27)37)22-15-17-24(18-16-22)38-23-8-3-2-4-9-23/h2-18,32H,1H3,(H,33,35). The highest BCUT2D eigenvalue weighted by atomic mass is 35.5. The number of anilines is 3. The molecule has 0 aliphatic carbocycles. The monoisotopic (exact) mass is 523 g/mol. The van der Waals surface area contributed by atoms with E-state index < -0.39 is 11.8 Å². The van der Waals surface area contributed by atoms with Crippen LogP contribution in [0.3, 0.4) is 0 Å². The van der Waals surface area contributed by atoms with Gasteiger partial charge in [0, 0.05) is 16.9 Å². The van der Waals surface area contributed by atoms with Crippen LogP contribution in [0.2, 0.25) is 0 Å². The molecule has 0 bridgehead atoms. The summed E-state index contributed by atoms with van der Waals surface area (Å²) >= 11 is 6.26. The number of nitrogens with one attached hydrogen (secondary N) is 2. The Kier molecular flexibility index (Phi) is 6.93. The summed E-state index contributed by atoms with van der Waals surface area (Å²) in [4.78, 5) is 39.6. The van der Waals surface area contributed by atoms with Crippen LogP contribution in [0.15, 0.2) is 114 Å². The first-order chi connectivity index (χ1) is 18.4. The lowest BCUT2D eigenvalue weighted by atomic mass is 10.1. The molecular weight excluding hydrogens is 502 g/mol. The number of halogens is 1. The molecule has 188 valence electrons. The number of ether oxygens (including phenoxy) is 1. The molecule has 0 saturated heterocycles. The lowest BCUT2D eigenvalue weighted by molar-refractivity contribution is -0.120. The molecule has 5 rings (SSSR count). The average Bonchev–Trinajstić information content (AvgIpc) is 3.14. The van der Waals surface area contributed by atoms with Crippen LogP contribution >= 0.6 is 11.6 Å². The van der Waals surface area contributed by atoms with E-state index in [4.69, 9.17) is 16.3 Å². The number of amides is 3. The van der Waals surface area contributed by atoms with E-state index >= 15 is 0 Å². The number of carbonyl (C=O) groups excluding carboxylic acids is 3. The van der Waals surface area contributed by atoms with Crippen LogP contribution in [0.5, 0.6) is 11.5 Å². The topological polar surface area (TPSA) is 87.7 Å². The quantitative estimate of drug-likeness (QED) is 0.271. The third-order valence-electron chi connectivity index (χ3n) is 5.91. The van der Waals surface area contributed by atoms with Gasteiger partial charge in [0.25, 0.3) is 17.7 Å². The van der Waals surface area contributed by atoms with Gasteiger partial charge in [-0.1, -0.05) is 48.0 Å². The highest BCUT2D eigenvalue weighted by Crippen LogP contribution is 2.32. The molecule has 4 aromatic rings. The van der Waals surface area contributed by atoms with Gasteiger partial charge in [0.05, 0.1) is 5.69 Å². The fraction of sp³-hybridized carbons (Fsp3) is 0.0333. The van der Waals surface area contributed by atoms with Gasteiger partial charge in [0.2, 0.25) is 0 Å². The van der Waals surface area contributed by atoms with Crippen molar-refractivity contribution in [2.24, 2.45) is 0 Å². The van der Waals surface area contributed by atoms with Gasteiger partial charge in [-0.15, -0.1) is 0 Å². The van der Waals surface area contributed by atoms with Crippen molar-refractivity contribution < 1.29 is 19.1 Å². The van der Waals surface area contributed by atoms with Crippen LogP contribution < -0.4 is 20.3 Å². The molecule has 4 aromatic carbocycles. The van der Waals surface area contributed by atoms with E-state index in [0.29, 0.717) is 28.4 Å². The van der Waals surface area contributed by atoms with Crippen molar-refractivity contribution in [1.82, 2.24) is 0 Å². The Bertz CT molecular complexity index is 1550. The zero-order chi connectivity index (χ0) is 26.6. The highest BCUT2D eigenvalue weighted by molar-refractivity contribution is 6.53. The van der Waals surface area contributed by atoms with Crippen LogP contribution in [-0.2, 0) is 9.59 Å². The van der Waals surface area contributed by atoms with E-state index in [2.05, 4.69) is 10.6 Å². The minimum Gasteiger partial charge on any atom is -0.457 e. The summed E-state index contributed by atoms with van der Waals surface area (Å²) in [6, 6.07) is 29.8. The maximum atomic E-state index is 13.1. The molecule has 0 fully saturated rings. The maximum Gasteiger partial charge on any atom is 0.283 e. The first-order valence-electron chi connectivity index (χ1n) is 11.8. The number of imide groups is 1. The van der Waals surface area contributed by atoms with E-state index in [1.807, 2.05) is 61.5 Å². The molecule has 0 atom stereocenters. The van der Waals surface area contributed by atoms with Crippen LogP contribution in [0.1, 0.15) is 15.9 Å². The summed E-state index contributed by atoms with van der Waals surface area (Å²) in [6.07, 6.45) is 0. The van der Waals surface area contributed by atoms with Gasteiger partial charge >= 0.3 is 0 Å². The minimum absolute atomic E-state index is 0.0432. The summed E-state index contributed by atoms with van der Waals surface area (Å²) in [5.74, 6) is -0.254. The largest absolute Gasteiger partial charge is 0.457 e. The Hall–Kier alpha value is -4.88. The molecule has 1 heterocycles. The van der Waals surface area contributed by atoms with Crippen molar-refractivity contribution in [3.8, 4) is 11.5 Å². The second kappa shape index (κ2) is 10.6. The number of carbonyl (C=O) groups is 3. The number of aryl methyl sites for hydroxylation is 1. The summed E-state index contributed by atoms with van der Waals surface area (Å²) in [5, 5.41) is 5.57. The fourth-order valence-corrected chi connectivity index (χ4v) is 4.10. The van der Waals surface area contributed by atoms with Crippen molar-refractivity contribution in [2.75, 3.05) is 15.5 Å². The SMILES string of the molecule is Cc1ccccc1NC(=O)c1ccc(NC2=C(Cl)C(=O)N(c3ccc(Oc4ccccc4)cc3)C2=O)cc1. The molecule has 7 nitrogen and oxygen atoms in total. The molecule has 0 unspecified atom stereocenters. The number of benzene rings is 4. The third kappa shape index (κ3) is 5.14. The number of hydrogen-bond acceptors (Lipinski definition) is 5. The second-order valence-electron chi connectivity index (χ2n) is 8.52. The normalized spacial score (nSPS) is 13.1. The zero-order valence-corrected chi connectivity index (χ0v) is 21.0. The predicted molar refractivity (Wildman–Crippen MR) is 148 cm³/mol. The number of para-hydroxylation sites is 2. The van der Waals surface area contributed by atoms with Gasteiger partial charge in [-0.05, 0) is 79.2 Å². The van der Waals surface area contributed by atoms with Crippen molar-refractivity contribution in [1.29, 1.82) is 0 Å². The Balaban J connectivity index is 1.26. The van der Waals surface area contributed by atoms with E-state index in [9.17, 15) is 14.4 Å². The van der Waals surface area contributed by atoms with E-state index in [-0.39, 0.29) is 16.6 Å². The summed E-state index contributed by atoms with van der Waals surface area (Å²) in [7, 11) is 0. The smallest absolute Gasteiger partial charge is 0.283 e. The molecule has 38 heavy (non-hydrogen) atoms. The zero-order valence-electron chi connectivity index (χ0n) is 20.3. The molecule has 3 amide bonds. The first kappa shape index (κ1) is 24.8. The molecular formula is C30H22ClN3O4. The maximum absolute atomic E-state index is 13.1. The molecule has 1 aliphatic heterocycles. The lowest BCUT2D eigenvalue weighted by Gasteiger charge is -2.16. The molecule has 0 saturated carbocycles. The Morgan fingerprint density at radius 2 is 1.39 bits per heavy atom. The minimum atomic E-state index is -0.634. The Labute approximate surface area is 224 Å². The van der Waals surface area contributed by atoms with Gasteiger partial charge in [0.15, 0.2) is 0 Å². The van der Waals surface area contributed by atoms with Crippen LogP contribution in [-0.4, -0.2) is 17.7 Å². The predicted octanol–water partition coefficient (Wildman–Crippen LogP) is 6.48. The second-order valence-corrected chi connectivity index (χ2v) is 8.89. The first-order valence-corrected chi connectivity index (χ1v) is 12.1. The third-order valence-corrected chi connectivity index (χ3v) is 6.26. The van der Waals surface area contributed by atoms with Crippen LogP contribution in [0, 0.1) is 6.92 Å². The molecule has 8 heteroatoms. The van der Waals surface area contributed by atoms with Crippen molar-refractivity contribution >= 4 is 46.4 Å². The van der Waals surface area contributed by atoms with E-state index in [1.165, 1.54) is 0 Å². The number of rotatable bonds is 7. The van der Waals surface area contributed by atoms with Crippen molar-refractivity contribution in [3.63, 3.8) is 0 Å². The molecule has 2 N–H and O–H groups in total. The summed E-state index contributed by atoms with van der Waals surface area (Å²) in [6.45, 7) is 1.91. The van der Waals surface area contributed by atoms with E-state index in [0.717, 1.165) is 16.2 Å². The van der Waals surface area contributed by atoms with Crippen LogP contribution in [0.25, 0.3) is 0 Å². The molecule has 0 aromatic heterocycles. The van der Waals surface area contributed by atoms with Gasteiger partial charge < -0.3 is 15.4 Å². The Morgan fingerprint density at radius 1 is 0.763 bits per heavy atom. The lowest BCUT2D eigenvalue weighted by Crippen LogP contribution is -2.32. The fourth-order valence-electron chi connectivity index (χ4n) is 3.89. The van der Waals surface area contributed by atoms with Crippen molar-refractivity contribution in [2.45, 2.75) is 6.92 Å². The number of hydrogen-bond donors (Lipinski definition) is 2. The molecule has 0 radical (unpaired) electrons. The average molecular weight is 524 g/mol. The van der Waals surface area contributed by atoms with Gasteiger partial charge in [-0.25, -0.2) is 4.90 Å². The van der Waals surface area contributed by atoms with E-state index in [1.54, 1.807) is 48.5 Å². The van der Waals surface area contributed by atoms with Crippen molar-refractivity contribution in [3.05, 3.63) is 125 Å². The number of nitrogens with zero attached hydrogens (tertiary/aromatic N) is 1. The summed E-state index contributed by atoms with van der Waals surface area (Å²) in [5.41, 5.74) is 2.93. The molecule has 1 aliphatic rings. The Morgan fingerprint density at radius 3 is 2.08 bits per heavy atom. The van der Waals surface area contributed by atoms with Gasteiger partial charge in [0.1, 0.15) is 22.2 Å². The highest BCUT2D eigenvalue weighted by Gasteiger charge is 2.39. The van der Waals surface area contributed by atoms with Gasteiger partial charge in [-0.2, -0.15) is 0 Å². The van der Waals surface area contributed by atoms with Gasteiger partial charge in [-0.3, -0.25) is 14.4 Å². The molecule has 0 spiro atoms. The van der Waals surface area contributed by atoms with Crippen LogP contribution in [0.4, 0.5) is 17.1 Å². The summed E-state index contributed by atoms with van der Waals surface area (Å²) < 4.78 is 5.77.